The first kappa shape index (κ1) is 15.6. The number of esters is 2. The van der Waals surface area contributed by atoms with Crippen molar-refractivity contribution in [1.29, 1.82) is 0 Å². The van der Waals surface area contributed by atoms with Crippen molar-refractivity contribution in [2.75, 3.05) is 0 Å². The minimum atomic E-state index is -0.573. The molecule has 3 nitrogen and oxygen atoms in total. The Hall–Kier alpha value is -2.94. The number of cyclic esters (lactones) is 2. The molecule has 0 bridgehead atoms. The number of benzene rings is 2. The number of hydrogen-bond donors (Lipinski definition) is 0. The molecule has 0 radical (unpaired) electrons. The van der Waals surface area contributed by atoms with Crippen molar-refractivity contribution in [1.82, 2.24) is 0 Å². The highest BCUT2D eigenvalue weighted by Crippen LogP contribution is 2.45. The summed E-state index contributed by atoms with van der Waals surface area (Å²) in [6.45, 7) is 4.04. The molecular weight excluding hydrogens is 312 g/mol. The summed E-state index contributed by atoms with van der Waals surface area (Å²) >= 11 is 0. The van der Waals surface area contributed by atoms with E-state index in [2.05, 4.69) is 0 Å². The van der Waals surface area contributed by atoms with Crippen molar-refractivity contribution in [2.45, 2.75) is 13.8 Å². The highest BCUT2D eigenvalue weighted by Gasteiger charge is 2.49. The zero-order valence-corrected chi connectivity index (χ0v) is 14.2. The molecule has 1 saturated heterocycles. The van der Waals surface area contributed by atoms with Crippen molar-refractivity contribution in [3.05, 3.63) is 82.9 Å². The summed E-state index contributed by atoms with van der Waals surface area (Å²) in [7, 11) is 0. The fourth-order valence-electron chi connectivity index (χ4n) is 3.54. The van der Waals surface area contributed by atoms with E-state index < -0.39 is 23.8 Å². The van der Waals surface area contributed by atoms with Gasteiger partial charge in [-0.15, -0.1) is 0 Å². The topological polar surface area (TPSA) is 43.4 Å². The van der Waals surface area contributed by atoms with Gasteiger partial charge in [0.15, 0.2) is 0 Å². The van der Waals surface area contributed by atoms with Gasteiger partial charge < -0.3 is 4.74 Å². The lowest BCUT2D eigenvalue weighted by molar-refractivity contribution is -0.153. The normalized spacial score (nSPS) is 22.2. The smallest absolute Gasteiger partial charge is 0.322 e. The van der Waals surface area contributed by atoms with Crippen LogP contribution in [0.1, 0.15) is 22.3 Å². The van der Waals surface area contributed by atoms with Crippen LogP contribution < -0.4 is 0 Å². The summed E-state index contributed by atoms with van der Waals surface area (Å²) in [5.74, 6) is -2.06. The quantitative estimate of drug-likeness (QED) is 0.615. The van der Waals surface area contributed by atoms with Gasteiger partial charge >= 0.3 is 11.9 Å². The second kappa shape index (κ2) is 5.85. The predicted molar refractivity (Wildman–Crippen MR) is 96.4 cm³/mol. The predicted octanol–water partition coefficient (Wildman–Crippen LogP) is 4.10. The van der Waals surface area contributed by atoms with Gasteiger partial charge in [0, 0.05) is 0 Å². The molecule has 2 atom stereocenters. The third-order valence-corrected chi connectivity index (χ3v) is 4.92. The van der Waals surface area contributed by atoms with E-state index in [1.807, 2.05) is 74.5 Å². The van der Waals surface area contributed by atoms with Gasteiger partial charge in [-0.05, 0) is 36.1 Å². The lowest BCUT2D eigenvalue weighted by Gasteiger charge is -2.24. The average molecular weight is 330 g/mol. The molecule has 0 unspecified atom stereocenters. The molecule has 0 N–H and O–H groups in total. The number of hydrogen-bond acceptors (Lipinski definition) is 3. The number of carbonyl (C=O) groups is 2. The first-order chi connectivity index (χ1) is 12.0. The highest BCUT2D eigenvalue weighted by atomic mass is 16.6. The maximum absolute atomic E-state index is 12.4. The zero-order valence-electron chi connectivity index (χ0n) is 14.2. The minimum absolute atomic E-state index is 0.459. The Balaban J connectivity index is 1.84. The van der Waals surface area contributed by atoms with Crippen LogP contribution in [0.5, 0.6) is 0 Å². The van der Waals surface area contributed by atoms with Crippen molar-refractivity contribution in [3.63, 3.8) is 0 Å². The highest BCUT2D eigenvalue weighted by molar-refractivity contribution is 6.10. The summed E-state index contributed by atoms with van der Waals surface area (Å²) < 4.78 is 5.00. The largest absolute Gasteiger partial charge is 0.392 e. The molecule has 0 spiro atoms. The van der Waals surface area contributed by atoms with Crippen molar-refractivity contribution >= 4 is 23.1 Å². The van der Waals surface area contributed by atoms with E-state index in [9.17, 15) is 9.59 Å². The van der Waals surface area contributed by atoms with Gasteiger partial charge in [-0.25, -0.2) is 0 Å². The van der Waals surface area contributed by atoms with Crippen LogP contribution in [0, 0.1) is 25.7 Å². The summed E-state index contributed by atoms with van der Waals surface area (Å²) in [5, 5.41) is 0. The van der Waals surface area contributed by atoms with Gasteiger partial charge in [-0.3, -0.25) is 9.59 Å². The van der Waals surface area contributed by atoms with Crippen LogP contribution >= 0.6 is 0 Å². The Morgan fingerprint density at radius 2 is 1.00 bits per heavy atom. The first-order valence-corrected chi connectivity index (χ1v) is 8.36. The fraction of sp³-hybridized carbons (Fsp3) is 0.182. The minimum Gasteiger partial charge on any atom is -0.392 e. The van der Waals surface area contributed by atoms with Gasteiger partial charge in [-0.1, -0.05) is 71.8 Å². The summed E-state index contributed by atoms with van der Waals surface area (Å²) in [5.41, 5.74) is 5.89. The number of aryl methyl sites for hydroxylation is 2. The van der Waals surface area contributed by atoms with Crippen molar-refractivity contribution in [3.8, 4) is 0 Å². The Morgan fingerprint density at radius 1 is 0.640 bits per heavy atom. The van der Waals surface area contributed by atoms with E-state index in [0.29, 0.717) is 0 Å². The van der Waals surface area contributed by atoms with Gasteiger partial charge in [0.1, 0.15) is 11.8 Å². The molecule has 2 aromatic carbocycles. The van der Waals surface area contributed by atoms with Crippen molar-refractivity contribution in [2.24, 2.45) is 11.8 Å². The Kier molecular flexibility index (Phi) is 3.65. The molecule has 124 valence electrons. The van der Waals surface area contributed by atoms with Crippen LogP contribution in [-0.4, -0.2) is 11.9 Å². The summed E-state index contributed by atoms with van der Waals surface area (Å²) in [6.07, 6.45) is 3.89. The van der Waals surface area contributed by atoms with E-state index in [1.165, 1.54) is 0 Å². The molecule has 0 amide bonds. The molecule has 1 aliphatic heterocycles. The second-order valence-corrected chi connectivity index (χ2v) is 6.67. The SMILES string of the molecule is Cc1ccc(C2=CC=C(c3ccc(C)cc3)[C@@H]3C(=O)OC(=O)[C@H]23)cc1. The maximum atomic E-state index is 12.4. The number of allylic oxidation sites excluding steroid dienone is 2. The molecule has 4 rings (SSSR count). The first-order valence-electron chi connectivity index (χ1n) is 8.36. The second-order valence-electron chi connectivity index (χ2n) is 6.67. The summed E-state index contributed by atoms with van der Waals surface area (Å²) in [6, 6.07) is 16.0. The Labute approximate surface area is 146 Å². The van der Waals surface area contributed by atoms with Gasteiger partial charge in [-0.2, -0.15) is 0 Å². The molecule has 3 heteroatoms. The van der Waals surface area contributed by atoms with E-state index >= 15 is 0 Å². The zero-order chi connectivity index (χ0) is 17.6. The number of ether oxygens (including phenoxy) is 1. The molecular formula is C22H18O3. The standard InChI is InChI=1S/C22H18O3/c1-13-3-7-15(8-4-13)17-11-12-18(16-9-5-14(2)6-10-16)20-19(17)21(23)25-22(20)24/h3-12,19-20H,1-2H3/t19-,20+. The fourth-order valence-corrected chi connectivity index (χ4v) is 3.54. The molecule has 1 heterocycles. The van der Waals surface area contributed by atoms with Crippen molar-refractivity contribution < 1.29 is 14.3 Å². The lowest BCUT2D eigenvalue weighted by Crippen LogP contribution is -2.23. The Bertz CT molecular complexity index is 837. The summed E-state index contributed by atoms with van der Waals surface area (Å²) in [4.78, 5) is 24.8. The number of carbonyl (C=O) groups excluding carboxylic acids is 2. The molecule has 0 aromatic heterocycles. The molecule has 0 saturated carbocycles. The maximum Gasteiger partial charge on any atom is 0.322 e. The average Bonchev–Trinajstić information content (AvgIpc) is 2.91. The van der Waals surface area contributed by atoms with Gasteiger partial charge in [0.25, 0.3) is 0 Å². The van der Waals surface area contributed by atoms with Crippen LogP contribution in [0.4, 0.5) is 0 Å². The number of fused-ring (bicyclic) bond motifs is 1. The monoisotopic (exact) mass is 330 g/mol. The van der Waals surface area contributed by atoms with Crippen LogP contribution in [0.3, 0.4) is 0 Å². The molecule has 2 aliphatic rings. The third-order valence-electron chi connectivity index (χ3n) is 4.92. The van der Waals surface area contributed by atoms with Crippen LogP contribution in [-0.2, 0) is 14.3 Å². The molecule has 2 aromatic rings. The van der Waals surface area contributed by atoms with E-state index in [4.69, 9.17) is 4.74 Å². The third kappa shape index (κ3) is 2.62. The van der Waals surface area contributed by atoms with Gasteiger partial charge in [0.05, 0.1) is 0 Å². The Morgan fingerprint density at radius 3 is 1.36 bits per heavy atom. The lowest BCUT2D eigenvalue weighted by atomic mass is 9.74. The van der Waals surface area contributed by atoms with E-state index in [-0.39, 0.29) is 0 Å². The molecule has 25 heavy (non-hydrogen) atoms. The van der Waals surface area contributed by atoms with Crippen LogP contribution in [0.2, 0.25) is 0 Å². The van der Waals surface area contributed by atoms with E-state index in [1.54, 1.807) is 0 Å². The number of rotatable bonds is 2. The molecule has 1 aliphatic carbocycles. The van der Waals surface area contributed by atoms with Gasteiger partial charge in [0.2, 0.25) is 0 Å². The van der Waals surface area contributed by atoms with Crippen LogP contribution in [0.25, 0.3) is 11.1 Å². The molecule has 1 fully saturated rings. The van der Waals surface area contributed by atoms with E-state index in [0.717, 1.165) is 33.4 Å². The van der Waals surface area contributed by atoms with Crippen LogP contribution in [0.15, 0.2) is 60.7 Å².